The molecule has 0 heterocycles. The molecule has 0 spiro atoms. The SMILES string of the molecule is S=CSc1ccccc1Cc1ccccc1. The van der Waals surface area contributed by atoms with Crippen LogP contribution in [-0.4, -0.2) is 4.70 Å². The van der Waals surface area contributed by atoms with E-state index < -0.39 is 0 Å². The first-order valence-corrected chi connectivity index (χ1v) is 6.47. The lowest BCUT2D eigenvalue weighted by Crippen LogP contribution is -1.90. The summed E-state index contributed by atoms with van der Waals surface area (Å²) in [5.74, 6) is 0. The van der Waals surface area contributed by atoms with Crippen LogP contribution in [0.1, 0.15) is 11.1 Å². The van der Waals surface area contributed by atoms with E-state index in [1.54, 1.807) is 16.5 Å². The van der Waals surface area contributed by atoms with Gasteiger partial charge in [0, 0.05) is 9.59 Å². The molecule has 2 aromatic carbocycles. The van der Waals surface area contributed by atoms with E-state index in [-0.39, 0.29) is 0 Å². The maximum Gasteiger partial charge on any atom is 0.0391 e. The fourth-order valence-electron chi connectivity index (χ4n) is 1.63. The van der Waals surface area contributed by atoms with Gasteiger partial charge in [-0.2, -0.15) is 0 Å². The maximum atomic E-state index is 4.90. The molecule has 0 aromatic heterocycles. The molecular formula is C14H12S2. The molecule has 0 aliphatic rings. The predicted octanol–water partition coefficient (Wildman–Crippen LogP) is 4.33. The summed E-state index contributed by atoms with van der Waals surface area (Å²) < 4.78 is 1.71. The Morgan fingerprint density at radius 1 is 0.938 bits per heavy atom. The van der Waals surface area contributed by atoms with Crippen molar-refractivity contribution in [2.24, 2.45) is 0 Å². The zero-order chi connectivity index (χ0) is 11.2. The van der Waals surface area contributed by atoms with Crippen LogP contribution in [0.5, 0.6) is 0 Å². The molecule has 2 heteroatoms. The van der Waals surface area contributed by atoms with Crippen molar-refractivity contribution in [3.05, 3.63) is 65.7 Å². The first-order chi connectivity index (χ1) is 7.90. The third-order valence-corrected chi connectivity index (χ3v) is 3.42. The summed E-state index contributed by atoms with van der Waals surface area (Å²) in [6.07, 6.45) is 0.965. The highest BCUT2D eigenvalue weighted by Crippen LogP contribution is 2.23. The van der Waals surface area contributed by atoms with E-state index >= 15 is 0 Å². The normalized spacial score (nSPS) is 10.0. The van der Waals surface area contributed by atoms with E-state index in [4.69, 9.17) is 12.2 Å². The quantitative estimate of drug-likeness (QED) is 0.580. The summed E-state index contributed by atoms with van der Waals surface area (Å²) in [4.78, 5) is 1.25. The Morgan fingerprint density at radius 3 is 2.38 bits per heavy atom. The van der Waals surface area contributed by atoms with E-state index in [9.17, 15) is 0 Å². The molecule has 0 atom stereocenters. The van der Waals surface area contributed by atoms with Gasteiger partial charge in [-0.15, -0.1) is 0 Å². The standard InChI is InChI=1S/C14H12S2/c15-11-16-14-9-5-4-8-13(14)10-12-6-2-1-3-7-12/h1-9,11H,10H2. The molecule has 0 saturated heterocycles. The van der Waals surface area contributed by atoms with Crippen molar-refractivity contribution in [2.45, 2.75) is 11.3 Å². The molecule has 0 bridgehead atoms. The lowest BCUT2D eigenvalue weighted by molar-refractivity contribution is 1.13. The second kappa shape index (κ2) is 5.83. The minimum absolute atomic E-state index is 0.965. The van der Waals surface area contributed by atoms with Gasteiger partial charge in [-0.1, -0.05) is 72.5 Å². The molecule has 16 heavy (non-hydrogen) atoms. The Labute approximate surface area is 106 Å². The third-order valence-electron chi connectivity index (χ3n) is 2.39. The van der Waals surface area contributed by atoms with Gasteiger partial charge in [-0.3, -0.25) is 0 Å². The van der Waals surface area contributed by atoms with Crippen molar-refractivity contribution in [1.82, 2.24) is 0 Å². The monoisotopic (exact) mass is 244 g/mol. The minimum atomic E-state index is 0.965. The van der Waals surface area contributed by atoms with Crippen molar-refractivity contribution in [3.63, 3.8) is 0 Å². The summed E-state index contributed by atoms with van der Waals surface area (Å²) in [5.41, 5.74) is 2.67. The van der Waals surface area contributed by atoms with Crippen molar-refractivity contribution in [1.29, 1.82) is 0 Å². The second-order valence-electron chi connectivity index (χ2n) is 3.48. The van der Waals surface area contributed by atoms with Crippen molar-refractivity contribution >= 4 is 28.7 Å². The topological polar surface area (TPSA) is 0 Å². The molecule has 0 aliphatic heterocycles. The van der Waals surface area contributed by atoms with Gasteiger partial charge in [-0.05, 0) is 23.6 Å². The molecule has 0 saturated carbocycles. The Hall–Kier alpha value is -1.12. The number of benzene rings is 2. The van der Waals surface area contributed by atoms with Crippen LogP contribution in [0.3, 0.4) is 0 Å². The highest BCUT2D eigenvalue weighted by molar-refractivity contribution is 8.20. The minimum Gasteiger partial charge on any atom is -0.0860 e. The highest BCUT2D eigenvalue weighted by Gasteiger charge is 2.01. The molecule has 80 valence electrons. The van der Waals surface area contributed by atoms with Gasteiger partial charge in [0.1, 0.15) is 0 Å². The van der Waals surface area contributed by atoms with Gasteiger partial charge in [0.25, 0.3) is 0 Å². The van der Waals surface area contributed by atoms with Gasteiger partial charge < -0.3 is 0 Å². The van der Waals surface area contributed by atoms with E-state index in [1.165, 1.54) is 16.0 Å². The first-order valence-electron chi connectivity index (χ1n) is 5.12. The van der Waals surface area contributed by atoms with Crippen LogP contribution in [0.4, 0.5) is 0 Å². The Morgan fingerprint density at radius 2 is 1.62 bits per heavy atom. The summed E-state index contributed by atoms with van der Waals surface area (Å²) in [6, 6.07) is 18.9. The fraction of sp³-hybridized carbons (Fsp3) is 0.0714. The lowest BCUT2D eigenvalue weighted by Gasteiger charge is -2.06. The lowest BCUT2D eigenvalue weighted by atomic mass is 10.1. The summed E-state index contributed by atoms with van der Waals surface area (Å²) >= 11 is 6.51. The van der Waals surface area contributed by atoms with E-state index in [1.807, 2.05) is 6.07 Å². The van der Waals surface area contributed by atoms with Crippen LogP contribution in [0.2, 0.25) is 0 Å². The average Bonchev–Trinajstić information content (AvgIpc) is 2.33. The number of hydrogen-bond donors (Lipinski definition) is 0. The molecule has 0 N–H and O–H groups in total. The zero-order valence-corrected chi connectivity index (χ0v) is 10.4. The van der Waals surface area contributed by atoms with Gasteiger partial charge >= 0.3 is 0 Å². The molecule has 0 radical (unpaired) electrons. The Kier molecular flexibility index (Phi) is 4.14. The largest absolute Gasteiger partial charge is 0.0860 e. The highest BCUT2D eigenvalue weighted by atomic mass is 32.2. The van der Waals surface area contributed by atoms with Gasteiger partial charge in [0.05, 0.1) is 0 Å². The maximum absolute atomic E-state index is 4.90. The number of rotatable bonds is 4. The molecule has 2 aromatic rings. The van der Waals surface area contributed by atoms with E-state index in [2.05, 4.69) is 48.5 Å². The average molecular weight is 244 g/mol. The number of thioether (sulfide) groups is 1. The molecule has 0 aliphatic carbocycles. The molecular weight excluding hydrogens is 232 g/mol. The third kappa shape index (κ3) is 2.94. The van der Waals surface area contributed by atoms with Crippen LogP contribution in [0.25, 0.3) is 0 Å². The van der Waals surface area contributed by atoms with E-state index in [0.29, 0.717) is 0 Å². The van der Waals surface area contributed by atoms with Crippen LogP contribution in [-0.2, 0) is 6.42 Å². The molecule has 0 fully saturated rings. The van der Waals surface area contributed by atoms with Crippen molar-refractivity contribution < 1.29 is 0 Å². The fourth-order valence-corrected chi connectivity index (χ4v) is 2.50. The van der Waals surface area contributed by atoms with Crippen molar-refractivity contribution in [2.75, 3.05) is 0 Å². The van der Waals surface area contributed by atoms with Crippen LogP contribution < -0.4 is 0 Å². The molecule has 2 rings (SSSR count). The number of thiocarbonyl (C=S) groups is 1. The molecule has 0 amide bonds. The van der Waals surface area contributed by atoms with Crippen LogP contribution in [0, 0.1) is 0 Å². The Balaban J connectivity index is 2.24. The Bertz CT molecular complexity index is 463. The second-order valence-corrected chi connectivity index (χ2v) is 4.93. The molecule has 0 unspecified atom stereocenters. The van der Waals surface area contributed by atoms with Crippen LogP contribution in [0.15, 0.2) is 59.5 Å². The molecule has 0 nitrogen and oxygen atoms in total. The summed E-state index contributed by atoms with van der Waals surface area (Å²) in [6.45, 7) is 0. The first kappa shape index (κ1) is 11.4. The summed E-state index contributed by atoms with van der Waals surface area (Å²) in [5, 5.41) is 0. The number of hydrogen-bond acceptors (Lipinski definition) is 2. The predicted molar refractivity (Wildman–Crippen MR) is 75.2 cm³/mol. The van der Waals surface area contributed by atoms with Gasteiger partial charge in [0.2, 0.25) is 0 Å². The van der Waals surface area contributed by atoms with Crippen molar-refractivity contribution in [3.8, 4) is 0 Å². The van der Waals surface area contributed by atoms with Crippen LogP contribution >= 0.6 is 24.0 Å². The zero-order valence-electron chi connectivity index (χ0n) is 8.80. The van der Waals surface area contributed by atoms with E-state index in [0.717, 1.165) is 6.42 Å². The summed E-state index contributed by atoms with van der Waals surface area (Å²) in [7, 11) is 0. The van der Waals surface area contributed by atoms with Gasteiger partial charge in [-0.25, -0.2) is 0 Å². The van der Waals surface area contributed by atoms with Gasteiger partial charge in [0.15, 0.2) is 0 Å². The smallest absolute Gasteiger partial charge is 0.0391 e.